The summed E-state index contributed by atoms with van der Waals surface area (Å²) in [4.78, 5) is 58.2. The van der Waals surface area contributed by atoms with Crippen LogP contribution in [0.15, 0.2) is 48.5 Å². The first-order valence-electron chi connectivity index (χ1n) is 16.2. The number of hydrogen-bond acceptors (Lipinski definition) is 7. The van der Waals surface area contributed by atoms with Gasteiger partial charge in [0.05, 0.1) is 13.2 Å². The van der Waals surface area contributed by atoms with Crippen LogP contribution < -0.4 is 20.7 Å². The van der Waals surface area contributed by atoms with Crippen LogP contribution >= 0.6 is 0 Å². The van der Waals surface area contributed by atoms with E-state index in [9.17, 15) is 19.2 Å². The fourth-order valence-corrected chi connectivity index (χ4v) is 6.25. The van der Waals surface area contributed by atoms with Crippen molar-refractivity contribution < 1.29 is 28.7 Å². The van der Waals surface area contributed by atoms with Crippen LogP contribution in [-0.4, -0.2) is 97.5 Å². The SMILES string of the molecule is O=C(NCC1CC1)[C@@H]1Cc2cccc(c2)Oc2cccc(c2)C[C@H](N2CCCC2=O)C(=O)N[C@@H](CCN2CCOCC2)C(=O)N1. The van der Waals surface area contributed by atoms with E-state index in [0.717, 1.165) is 37.1 Å². The van der Waals surface area contributed by atoms with Crippen LogP contribution in [0.3, 0.4) is 0 Å². The zero-order valence-corrected chi connectivity index (χ0v) is 25.7. The lowest BCUT2D eigenvalue weighted by molar-refractivity contribution is -0.139. The first-order chi connectivity index (χ1) is 21.9. The molecule has 3 aliphatic heterocycles. The number of amides is 4. The predicted octanol–water partition coefficient (Wildman–Crippen LogP) is 1.79. The van der Waals surface area contributed by atoms with Crippen molar-refractivity contribution in [2.45, 2.75) is 63.1 Å². The Morgan fingerprint density at radius 1 is 0.889 bits per heavy atom. The van der Waals surface area contributed by atoms with Crippen molar-refractivity contribution in [1.29, 1.82) is 0 Å². The molecule has 0 spiro atoms. The van der Waals surface area contributed by atoms with Gasteiger partial charge in [0.2, 0.25) is 23.6 Å². The molecule has 2 saturated heterocycles. The number of nitrogens with zero attached hydrogens (tertiary/aromatic N) is 2. The largest absolute Gasteiger partial charge is 0.457 e. The van der Waals surface area contributed by atoms with E-state index in [0.29, 0.717) is 69.5 Å². The van der Waals surface area contributed by atoms with Gasteiger partial charge < -0.3 is 30.3 Å². The van der Waals surface area contributed by atoms with E-state index in [4.69, 9.17) is 9.47 Å². The topological polar surface area (TPSA) is 129 Å². The summed E-state index contributed by atoms with van der Waals surface area (Å²) in [6, 6.07) is 12.5. The molecule has 3 fully saturated rings. The van der Waals surface area contributed by atoms with Crippen molar-refractivity contribution in [1.82, 2.24) is 25.8 Å². The summed E-state index contributed by atoms with van der Waals surface area (Å²) >= 11 is 0. The molecular formula is C34H43N5O6. The Labute approximate surface area is 264 Å². The van der Waals surface area contributed by atoms with Gasteiger partial charge in [-0.1, -0.05) is 24.3 Å². The maximum absolute atomic E-state index is 14.0. The normalized spacial score (nSPS) is 24.8. The fraction of sp³-hybridized carbons (Fsp3) is 0.529. The van der Waals surface area contributed by atoms with Crippen molar-refractivity contribution in [2.75, 3.05) is 45.9 Å². The van der Waals surface area contributed by atoms with Crippen LogP contribution in [0.1, 0.15) is 43.2 Å². The molecular weight excluding hydrogens is 574 g/mol. The molecule has 2 aromatic carbocycles. The molecule has 3 atom stereocenters. The Kier molecular flexibility index (Phi) is 9.95. The highest BCUT2D eigenvalue weighted by molar-refractivity contribution is 5.94. The van der Waals surface area contributed by atoms with Crippen LogP contribution in [0.25, 0.3) is 0 Å². The van der Waals surface area contributed by atoms with Crippen LogP contribution in [0, 0.1) is 5.92 Å². The van der Waals surface area contributed by atoms with Crippen LogP contribution in [0.2, 0.25) is 0 Å². The van der Waals surface area contributed by atoms with Gasteiger partial charge in [0.1, 0.15) is 29.6 Å². The molecule has 3 heterocycles. The molecule has 1 saturated carbocycles. The molecule has 0 unspecified atom stereocenters. The summed E-state index contributed by atoms with van der Waals surface area (Å²) in [5.74, 6) is 0.562. The minimum Gasteiger partial charge on any atom is -0.457 e. The number of carbonyl (C=O) groups is 4. The van der Waals surface area contributed by atoms with E-state index in [-0.39, 0.29) is 30.6 Å². The molecule has 45 heavy (non-hydrogen) atoms. The second kappa shape index (κ2) is 14.4. The number of hydrogen-bond donors (Lipinski definition) is 3. The molecule has 0 aromatic heterocycles. The molecule has 2 aromatic rings. The summed E-state index contributed by atoms with van der Waals surface area (Å²) < 4.78 is 11.7. The Morgan fingerprint density at radius 2 is 1.60 bits per heavy atom. The number of nitrogens with one attached hydrogen (secondary N) is 3. The minimum atomic E-state index is -0.895. The molecule has 4 amide bonds. The lowest BCUT2D eigenvalue weighted by Gasteiger charge is -2.31. The second-order valence-electron chi connectivity index (χ2n) is 12.6. The van der Waals surface area contributed by atoms with E-state index in [2.05, 4.69) is 20.9 Å². The third-order valence-electron chi connectivity index (χ3n) is 9.06. The van der Waals surface area contributed by atoms with Gasteiger partial charge in [-0.2, -0.15) is 0 Å². The third-order valence-corrected chi connectivity index (χ3v) is 9.06. The van der Waals surface area contributed by atoms with Crippen molar-refractivity contribution in [3.05, 3.63) is 59.7 Å². The highest BCUT2D eigenvalue weighted by atomic mass is 16.5. The molecule has 240 valence electrons. The number of fused-ring (bicyclic) bond motifs is 4. The van der Waals surface area contributed by atoms with Gasteiger partial charge >= 0.3 is 0 Å². The molecule has 11 nitrogen and oxygen atoms in total. The summed E-state index contributed by atoms with van der Waals surface area (Å²) in [6.45, 7) is 4.36. The maximum Gasteiger partial charge on any atom is 0.243 e. The number of likely N-dealkylation sites (tertiary alicyclic amines) is 1. The van der Waals surface area contributed by atoms with Gasteiger partial charge in [-0.15, -0.1) is 0 Å². The van der Waals surface area contributed by atoms with Gasteiger partial charge in [-0.3, -0.25) is 24.1 Å². The van der Waals surface area contributed by atoms with Crippen LogP contribution in [0.5, 0.6) is 11.5 Å². The quantitative estimate of drug-likeness (QED) is 0.432. The summed E-state index contributed by atoms with van der Waals surface area (Å²) in [7, 11) is 0. The number of rotatable bonds is 7. The van der Waals surface area contributed by atoms with Crippen molar-refractivity contribution in [3.8, 4) is 11.5 Å². The Hall–Kier alpha value is -3.96. The monoisotopic (exact) mass is 617 g/mol. The number of ether oxygens (including phenoxy) is 2. The fourth-order valence-electron chi connectivity index (χ4n) is 6.25. The Balaban J connectivity index is 1.32. The van der Waals surface area contributed by atoms with Gasteiger partial charge in [-0.25, -0.2) is 0 Å². The second-order valence-corrected chi connectivity index (χ2v) is 12.6. The van der Waals surface area contributed by atoms with Crippen LogP contribution in [0.4, 0.5) is 0 Å². The number of benzene rings is 2. The lowest BCUT2D eigenvalue weighted by atomic mass is 10.0. The standard InChI is InChI=1S/C34H43N5O6/c40-31-8-3-12-39(31)30-21-25-5-2-7-27(19-25)45-26-6-1-4-24(18-26)20-29(32(41)35-22-23-9-10-23)37-33(42)28(36-34(30)43)11-13-38-14-16-44-17-15-38/h1-2,4-7,18-19,23,28-30H,3,8-17,20-22H2,(H,35,41)(H,36,43)(H,37,42)/t28-,29-,30-/m0/s1. The van der Waals surface area contributed by atoms with Gasteiger partial charge in [0.15, 0.2) is 0 Å². The van der Waals surface area contributed by atoms with Gasteiger partial charge in [0, 0.05) is 52.0 Å². The zero-order valence-electron chi connectivity index (χ0n) is 25.7. The number of carbonyl (C=O) groups excluding carboxylic acids is 4. The lowest BCUT2D eigenvalue weighted by Crippen LogP contribution is -2.58. The van der Waals surface area contributed by atoms with E-state index in [1.54, 1.807) is 4.90 Å². The summed E-state index contributed by atoms with van der Waals surface area (Å²) in [5, 5.41) is 9.00. The molecule has 11 heteroatoms. The summed E-state index contributed by atoms with van der Waals surface area (Å²) in [6.07, 6.45) is 4.14. The van der Waals surface area contributed by atoms with Crippen LogP contribution in [-0.2, 0) is 36.8 Å². The molecule has 1 aliphatic carbocycles. The smallest absolute Gasteiger partial charge is 0.243 e. The predicted molar refractivity (Wildman–Crippen MR) is 167 cm³/mol. The van der Waals surface area contributed by atoms with Crippen molar-refractivity contribution in [3.63, 3.8) is 0 Å². The van der Waals surface area contributed by atoms with Crippen molar-refractivity contribution >= 4 is 23.6 Å². The third kappa shape index (κ3) is 8.40. The average Bonchev–Trinajstić information content (AvgIpc) is 3.78. The molecule has 4 bridgehead atoms. The number of morpholine rings is 1. The first kappa shape index (κ1) is 31.0. The van der Waals surface area contributed by atoms with Gasteiger partial charge in [0.25, 0.3) is 0 Å². The first-order valence-corrected chi connectivity index (χ1v) is 16.2. The highest BCUT2D eigenvalue weighted by Crippen LogP contribution is 2.28. The zero-order chi connectivity index (χ0) is 31.2. The summed E-state index contributed by atoms with van der Waals surface area (Å²) in [5.41, 5.74) is 1.68. The molecule has 6 rings (SSSR count). The van der Waals surface area contributed by atoms with E-state index < -0.39 is 24.0 Å². The Bertz CT molecular complexity index is 1390. The average molecular weight is 618 g/mol. The molecule has 4 aliphatic rings. The van der Waals surface area contributed by atoms with Gasteiger partial charge in [-0.05, 0) is 67.0 Å². The van der Waals surface area contributed by atoms with E-state index in [1.165, 1.54) is 0 Å². The van der Waals surface area contributed by atoms with E-state index >= 15 is 0 Å². The van der Waals surface area contributed by atoms with E-state index in [1.807, 2.05) is 48.5 Å². The molecule has 0 radical (unpaired) electrons. The maximum atomic E-state index is 14.0. The minimum absolute atomic E-state index is 0.0736. The van der Waals surface area contributed by atoms with Crippen molar-refractivity contribution in [2.24, 2.45) is 5.92 Å². The Morgan fingerprint density at radius 3 is 2.27 bits per heavy atom. The molecule has 3 N–H and O–H groups in total. The highest BCUT2D eigenvalue weighted by Gasteiger charge is 2.36.